The molecule has 2 aliphatic rings. The van der Waals surface area contributed by atoms with Crippen LogP contribution in [0.4, 0.5) is 5.69 Å². The van der Waals surface area contributed by atoms with Gasteiger partial charge in [-0.25, -0.2) is 9.97 Å². The summed E-state index contributed by atoms with van der Waals surface area (Å²) in [5.41, 5.74) is 5.86. The maximum atomic E-state index is 13.6. The maximum Gasteiger partial charge on any atom is 0.264 e. The van der Waals surface area contributed by atoms with E-state index in [1.165, 1.54) is 4.57 Å². The number of carbonyl (C=O) groups is 5. The molecule has 2 aliphatic heterocycles. The van der Waals surface area contributed by atoms with Gasteiger partial charge >= 0.3 is 0 Å². The molecular formula is C43H54N8O6S. The molecule has 15 heteroatoms. The van der Waals surface area contributed by atoms with Crippen LogP contribution in [0.15, 0.2) is 52.8 Å². The summed E-state index contributed by atoms with van der Waals surface area (Å²) in [6.07, 6.45) is 10.1. The fourth-order valence-corrected chi connectivity index (χ4v) is 8.66. The summed E-state index contributed by atoms with van der Waals surface area (Å²) in [5.74, 6) is -0.926. The summed E-state index contributed by atoms with van der Waals surface area (Å²) in [7, 11) is 0. The molecule has 58 heavy (non-hydrogen) atoms. The number of hydrogen-bond donors (Lipinski definition) is 4. The number of unbranched alkanes of at least 4 members (excludes halogenated alkanes) is 7. The smallest absolute Gasteiger partial charge is 0.264 e. The van der Waals surface area contributed by atoms with E-state index in [4.69, 9.17) is 0 Å². The van der Waals surface area contributed by atoms with Crippen LogP contribution in [0, 0.1) is 13.8 Å². The van der Waals surface area contributed by atoms with Crippen molar-refractivity contribution in [3.63, 3.8) is 0 Å². The summed E-state index contributed by atoms with van der Waals surface area (Å²) < 4.78 is 1.41. The molecule has 0 aliphatic carbocycles. The van der Waals surface area contributed by atoms with E-state index in [9.17, 15) is 28.8 Å². The number of likely N-dealkylation sites (tertiary alicyclic amines) is 1. The van der Waals surface area contributed by atoms with Gasteiger partial charge in [0, 0.05) is 38.2 Å². The van der Waals surface area contributed by atoms with Crippen molar-refractivity contribution in [1.29, 1.82) is 0 Å². The summed E-state index contributed by atoms with van der Waals surface area (Å²) in [6, 6.07) is 12.3. The van der Waals surface area contributed by atoms with Crippen molar-refractivity contribution in [2.45, 2.75) is 116 Å². The van der Waals surface area contributed by atoms with Gasteiger partial charge in [-0.2, -0.15) is 0 Å². The van der Waals surface area contributed by atoms with Crippen LogP contribution >= 0.6 is 11.3 Å². The molecule has 2 aromatic carbocycles. The fraction of sp³-hybridized carbons (Fsp3) is 0.488. The number of nitrogens with zero attached hydrogens (tertiary/aromatic N) is 4. The molecule has 2 saturated heterocycles. The Balaban J connectivity index is 0.815. The average molecular weight is 811 g/mol. The van der Waals surface area contributed by atoms with Crippen LogP contribution in [0.2, 0.25) is 0 Å². The zero-order valence-electron chi connectivity index (χ0n) is 33.4. The molecule has 2 fully saturated rings. The van der Waals surface area contributed by atoms with E-state index in [0.717, 1.165) is 79.5 Å². The zero-order chi connectivity index (χ0) is 41.0. The van der Waals surface area contributed by atoms with Gasteiger partial charge in [-0.05, 0) is 69.2 Å². The van der Waals surface area contributed by atoms with E-state index in [1.54, 1.807) is 29.2 Å². The number of rotatable bonds is 19. The molecule has 0 spiro atoms. The van der Waals surface area contributed by atoms with E-state index in [2.05, 4.69) is 31.2 Å². The van der Waals surface area contributed by atoms with E-state index >= 15 is 0 Å². The SMILES string of the molecule is Cc1ncsc1-c1ccc(CNC(=O)C2CCCN2C(=O)CNC(=O)CCCCCCCCCCNc2cccc3nc(C)n(C4CCC(=O)NC4=O)c(=O)c23)cc1. The van der Waals surface area contributed by atoms with E-state index in [0.29, 0.717) is 54.9 Å². The normalized spacial score (nSPS) is 16.7. The minimum absolute atomic E-state index is 0.104. The molecule has 0 saturated carbocycles. The number of thiazole rings is 1. The number of carbonyl (C=O) groups excluding carboxylic acids is 5. The second-order valence-electron chi connectivity index (χ2n) is 15.2. The third-order valence-electron chi connectivity index (χ3n) is 11.0. The molecular weight excluding hydrogens is 757 g/mol. The maximum absolute atomic E-state index is 13.6. The van der Waals surface area contributed by atoms with Crippen LogP contribution in [-0.4, -0.2) is 74.6 Å². The minimum atomic E-state index is -0.764. The summed E-state index contributed by atoms with van der Waals surface area (Å²) in [4.78, 5) is 87.9. The standard InChI is InChI=1S/C43H54N8O6S/c1-28-40(58-27-47-28)31-19-17-30(18-20-31)25-46-41(55)34-15-12-24-50(34)38(54)26-45-36(52)16-9-7-5-3-4-6-8-10-23-44-32-13-11-14-33-39(32)43(57)51(29(2)48-33)35-21-22-37(53)49-42(35)56/h11,13-14,17-20,27,34-35,44H,3-10,12,15-16,21-26H2,1-2H3,(H,45,52)(H,46,55)(H,49,53,56). The molecule has 4 N–H and O–H groups in total. The van der Waals surface area contributed by atoms with Crippen LogP contribution in [0.25, 0.3) is 21.3 Å². The van der Waals surface area contributed by atoms with E-state index in [1.807, 2.05) is 48.8 Å². The minimum Gasteiger partial charge on any atom is -0.384 e. The lowest BCUT2D eigenvalue weighted by molar-refractivity contribution is -0.138. The molecule has 308 valence electrons. The van der Waals surface area contributed by atoms with Crippen molar-refractivity contribution in [3.8, 4) is 10.4 Å². The van der Waals surface area contributed by atoms with Gasteiger partial charge in [0.2, 0.25) is 29.5 Å². The second-order valence-corrected chi connectivity index (χ2v) is 16.1. The van der Waals surface area contributed by atoms with Gasteiger partial charge in [0.25, 0.3) is 5.56 Å². The lowest BCUT2D eigenvalue weighted by atomic mass is 10.0. The van der Waals surface area contributed by atoms with Crippen molar-refractivity contribution in [2.75, 3.05) is 25.0 Å². The van der Waals surface area contributed by atoms with Gasteiger partial charge in [0.05, 0.1) is 33.5 Å². The van der Waals surface area contributed by atoms with Crippen LogP contribution in [0.1, 0.15) is 107 Å². The van der Waals surface area contributed by atoms with Gasteiger partial charge in [-0.3, -0.25) is 38.7 Å². The van der Waals surface area contributed by atoms with E-state index in [-0.39, 0.29) is 48.6 Å². The number of fused-ring (bicyclic) bond motifs is 1. The highest BCUT2D eigenvalue weighted by molar-refractivity contribution is 7.13. The highest BCUT2D eigenvalue weighted by Gasteiger charge is 2.34. The Labute approximate surface area is 342 Å². The Bertz CT molecular complexity index is 2170. The number of amides is 5. The fourth-order valence-electron chi connectivity index (χ4n) is 7.85. The van der Waals surface area contributed by atoms with Gasteiger partial charge in [0.15, 0.2) is 0 Å². The molecule has 14 nitrogen and oxygen atoms in total. The first-order chi connectivity index (χ1) is 28.1. The molecule has 0 bridgehead atoms. The molecule has 4 heterocycles. The second kappa shape index (κ2) is 20.3. The summed E-state index contributed by atoms with van der Waals surface area (Å²) in [6.45, 7) is 5.16. The highest BCUT2D eigenvalue weighted by Crippen LogP contribution is 2.28. The third kappa shape index (κ3) is 10.7. The molecule has 2 atom stereocenters. The molecule has 0 radical (unpaired) electrons. The zero-order valence-corrected chi connectivity index (χ0v) is 34.3. The molecule has 2 aromatic heterocycles. The van der Waals surface area contributed by atoms with Crippen molar-refractivity contribution in [3.05, 3.63) is 75.4 Å². The lowest BCUT2D eigenvalue weighted by Gasteiger charge is -2.24. The van der Waals surface area contributed by atoms with Crippen LogP contribution in [0.5, 0.6) is 0 Å². The van der Waals surface area contributed by atoms with Gasteiger partial charge in [-0.1, -0.05) is 68.9 Å². The number of aromatic nitrogens is 3. The third-order valence-corrected chi connectivity index (χ3v) is 12.0. The Morgan fingerprint density at radius 1 is 0.897 bits per heavy atom. The van der Waals surface area contributed by atoms with Gasteiger partial charge in [-0.15, -0.1) is 11.3 Å². The Morgan fingerprint density at radius 2 is 1.64 bits per heavy atom. The van der Waals surface area contributed by atoms with Crippen molar-refractivity contribution < 1.29 is 24.0 Å². The number of hydrogen-bond acceptors (Lipinski definition) is 10. The topological polar surface area (TPSA) is 184 Å². The Kier molecular flexibility index (Phi) is 14.8. The average Bonchev–Trinajstić information content (AvgIpc) is 3.88. The number of imide groups is 1. The summed E-state index contributed by atoms with van der Waals surface area (Å²) >= 11 is 1.60. The number of piperidine rings is 1. The van der Waals surface area contributed by atoms with Gasteiger partial charge < -0.3 is 20.9 Å². The summed E-state index contributed by atoms with van der Waals surface area (Å²) in [5, 5.41) is 11.9. The first kappa shape index (κ1) is 42.2. The first-order valence-electron chi connectivity index (χ1n) is 20.5. The predicted octanol–water partition coefficient (Wildman–Crippen LogP) is 5.46. The largest absolute Gasteiger partial charge is 0.384 e. The van der Waals surface area contributed by atoms with Crippen molar-refractivity contribution >= 4 is 57.5 Å². The van der Waals surface area contributed by atoms with Crippen LogP contribution in [-0.2, 0) is 30.5 Å². The van der Waals surface area contributed by atoms with E-state index < -0.39 is 18.0 Å². The number of nitrogens with one attached hydrogen (secondary N) is 4. The number of aryl methyl sites for hydroxylation is 2. The number of anilines is 1. The number of benzene rings is 2. The van der Waals surface area contributed by atoms with Crippen LogP contribution in [0.3, 0.4) is 0 Å². The highest BCUT2D eigenvalue weighted by atomic mass is 32.1. The monoisotopic (exact) mass is 810 g/mol. The molecule has 2 unspecified atom stereocenters. The molecule has 6 rings (SSSR count). The van der Waals surface area contributed by atoms with Crippen LogP contribution < -0.4 is 26.8 Å². The van der Waals surface area contributed by atoms with Crippen molar-refractivity contribution in [2.24, 2.45) is 0 Å². The van der Waals surface area contributed by atoms with Gasteiger partial charge in [0.1, 0.15) is 17.9 Å². The predicted molar refractivity (Wildman–Crippen MR) is 224 cm³/mol. The Hall–Kier alpha value is -5.44. The first-order valence-corrected chi connectivity index (χ1v) is 21.4. The van der Waals surface area contributed by atoms with Crippen molar-refractivity contribution in [1.82, 2.24) is 35.4 Å². The quantitative estimate of drug-likeness (QED) is 0.0706. The molecule has 4 aromatic rings. The Morgan fingerprint density at radius 3 is 2.36 bits per heavy atom. The lowest BCUT2D eigenvalue weighted by Crippen LogP contribution is -2.48. The molecule has 5 amide bonds.